The molecule has 0 fully saturated rings. The van der Waals surface area contributed by atoms with Crippen molar-refractivity contribution in [2.45, 2.75) is 12.8 Å². The summed E-state index contributed by atoms with van der Waals surface area (Å²) in [4.78, 5) is 17.3. The molecular formula is C15H14N2OS. The Balaban J connectivity index is 1.75. The molecule has 0 aliphatic carbocycles. The minimum Gasteiger partial charge on any atom is -0.338 e. The van der Waals surface area contributed by atoms with E-state index in [1.807, 2.05) is 42.1 Å². The molecule has 1 aromatic carbocycles. The summed E-state index contributed by atoms with van der Waals surface area (Å²) in [5, 5.41) is 1.15. The van der Waals surface area contributed by atoms with Crippen molar-refractivity contribution in [1.82, 2.24) is 9.55 Å². The second-order valence-electron chi connectivity index (χ2n) is 4.53. The predicted octanol–water partition coefficient (Wildman–Crippen LogP) is 3.45. The van der Waals surface area contributed by atoms with E-state index in [9.17, 15) is 4.79 Å². The van der Waals surface area contributed by atoms with Crippen molar-refractivity contribution in [2.75, 3.05) is 0 Å². The van der Waals surface area contributed by atoms with Crippen LogP contribution in [0.2, 0.25) is 0 Å². The van der Waals surface area contributed by atoms with Gasteiger partial charge in [0.05, 0.1) is 4.88 Å². The average Bonchev–Trinajstić information content (AvgIpc) is 3.01. The Kier molecular flexibility index (Phi) is 3.17. The molecule has 2 heterocycles. The van der Waals surface area contributed by atoms with Crippen LogP contribution >= 0.6 is 11.3 Å². The largest absolute Gasteiger partial charge is 0.338 e. The van der Waals surface area contributed by atoms with Crippen LogP contribution in [-0.2, 0) is 13.5 Å². The number of hydrogen-bond acceptors (Lipinski definition) is 3. The zero-order chi connectivity index (χ0) is 13.2. The summed E-state index contributed by atoms with van der Waals surface area (Å²) in [6.07, 6.45) is 4.87. The van der Waals surface area contributed by atoms with E-state index < -0.39 is 0 Å². The van der Waals surface area contributed by atoms with E-state index in [0.29, 0.717) is 12.8 Å². The van der Waals surface area contributed by atoms with E-state index in [0.717, 1.165) is 16.1 Å². The van der Waals surface area contributed by atoms with E-state index >= 15 is 0 Å². The van der Waals surface area contributed by atoms with Gasteiger partial charge in [-0.2, -0.15) is 0 Å². The van der Waals surface area contributed by atoms with Crippen LogP contribution in [0.4, 0.5) is 0 Å². The number of carbonyl (C=O) groups excluding carboxylic acids is 1. The highest BCUT2D eigenvalue weighted by atomic mass is 32.1. The molecule has 0 spiro atoms. The number of ketones is 1. The van der Waals surface area contributed by atoms with E-state index in [-0.39, 0.29) is 5.78 Å². The predicted molar refractivity (Wildman–Crippen MR) is 77.7 cm³/mol. The first-order valence-electron chi connectivity index (χ1n) is 6.22. The molecule has 4 heteroatoms. The first kappa shape index (κ1) is 12.1. The molecule has 96 valence electrons. The number of imidazole rings is 1. The van der Waals surface area contributed by atoms with Crippen LogP contribution in [0.15, 0.2) is 42.7 Å². The smallest absolute Gasteiger partial charge is 0.173 e. The van der Waals surface area contributed by atoms with Gasteiger partial charge in [0.25, 0.3) is 0 Å². The van der Waals surface area contributed by atoms with Crippen LogP contribution in [0.25, 0.3) is 10.1 Å². The number of fused-ring (bicyclic) bond motifs is 1. The Morgan fingerprint density at radius 3 is 2.95 bits per heavy atom. The van der Waals surface area contributed by atoms with E-state index in [2.05, 4.69) is 11.1 Å². The Bertz CT molecular complexity index is 693. The highest BCUT2D eigenvalue weighted by Gasteiger charge is 2.11. The second kappa shape index (κ2) is 4.97. The van der Waals surface area contributed by atoms with E-state index in [4.69, 9.17) is 0 Å². The van der Waals surface area contributed by atoms with Crippen molar-refractivity contribution in [2.24, 2.45) is 7.05 Å². The van der Waals surface area contributed by atoms with Crippen molar-refractivity contribution in [3.63, 3.8) is 0 Å². The molecule has 0 N–H and O–H groups in total. The lowest BCUT2D eigenvalue weighted by Crippen LogP contribution is -2.03. The summed E-state index contributed by atoms with van der Waals surface area (Å²) in [6.45, 7) is 0. The minimum absolute atomic E-state index is 0.198. The number of carbonyl (C=O) groups is 1. The molecule has 0 saturated heterocycles. The minimum atomic E-state index is 0.198. The number of benzene rings is 1. The standard InChI is InChI=1S/C15H14N2OS/c1-17-9-8-16-15(17)7-6-12(18)14-10-11-4-2-3-5-13(11)19-14/h2-5,8-10H,6-7H2,1H3. The van der Waals surface area contributed by atoms with Gasteiger partial charge < -0.3 is 4.57 Å². The molecule has 2 aromatic heterocycles. The van der Waals surface area contributed by atoms with Gasteiger partial charge >= 0.3 is 0 Å². The van der Waals surface area contributed by atoms with Crippen LogP contribution in [-0.4, -0.2) is 15.3 Å². The van der Waals surface area contributed by atoms with Gasteiger partial charge in [-0.3, -0.25) is 4.79 Å². The zero-order valence-corrected chi connectivity index (χ0v) is 11.5. The summed E-state index contributed by atoms with van der Waals surface area (Å²) < 4.78 is 3.13. The zero-order valence-electron chi connectivity index (χ0n) is 10.7. The van der Waals surface area contributed by atoms with Gasteiger partial charge in [-0.05, 0) is 17.5 Å². The summed E-state index contributed by atoms with van der Waals surface area (Å²) in [6, 6.07) is 10.1. The lowest BCUT2D eigenvalue weighted by molar-refractivity contribution is 0.0986. The fourth-order valence-electron chi connectivity index (χ4n) is 2.11. The van der Waals surface area contributed by atoms with Crippen LogP contribution in [0.3, 0.4) is 0 Å². The first-order valence-corrected chi connectivity index (χ1v) is 7.03. The summed E-state index contributed by atoms with van der Waals surface area (Å²) in [5.74, 6) is 1.15. The third-order valence-electron chi connectivity index (χ3n) is 3.20. The first-order chi connectivity index (χ1) is 9.24. The monoisotopic (exact) mass is 270 g/mol. The van der Waals surface area contributed by atoms with Crippen LogP contribution in [0.5, 0.6) is 0 Å². The van der Waals surface area contributed by atoms with Crippen molar-refractivity contribution in [3.05, 3.63) is 53.4 Å². The van der Waals surface area contributed by atoms with Crippen molar-refractivity contribution in [1.29, 1.82) is 0 Å². The fourth-order valence-corrected chi connectivity index (χ4v) is 3.14. The van der Waals surface area contributed by atoms with Crippen LogP contribution in [0.1, 0.15) is 21.9 Å². The Hall–Kier alpha value is -1.94. The van der Waals surface area contributed by atoms with Gasteiger partial charge in [0.1, 0.15) is 5.82 Å². The number of aromatic nitrogens is 2. The summed E-state index contributed by atoms with van der Waals surface area (Å²) in [5.41, 5.74) is 0. The topological polar surface area (TPSA) is 34.9 Å². The van der Waals surface area contributed by atoms with Crippen molar-refractivity contribution >= 4 is 27.2 Å². The van der Waals surface area contributed by atoms with E-state index in [1.165, 1.54) is 4.70 Å². The van der Waals surface area contributed by atoms with Gasteiger partial charge in [0.2, 0.25) is 0 Å². The quantitative estimate of drug-likeness (QED) is 0.681. The highest BCUT2D eigenvalue weighted by molar-refractivity contribution is 7.20. The van der Waals surface area contributed by atoms with Crippen molar-refractivity contribution < 1.29 is 4.79 Å². The summed E-state index contributed by atoms with van der Waals surface area (Å²) >= 11 is 1.57. The number of thiophene rings is 1. The van der Waals surface area contributed by atoms with Gasteiger partial charge in [-0.25, -0.2) is 4.98 Å². The maximum absolute atomic E-state index is 12.2. The number of hydrogen-bond donors (Lipinski definition) is 0. The summed E-state index contributed by atoms with van der Waals surface area (Å²) in [7, 11) is 1.95. The van der Waals surface area contributed by atoms with Crippen LogP contribution in [0, 0.1) is 0 Å². The van der Waals surface area contributed by atoms with Gasteiger partial charge in [-0.1, -0.05) is 18.2 Å². The van der Waals surface area contributed by atoms with Crippen molar-refractivity contribution in [3.8, 4) is 0 Å². The average molecular weight is 270 g/mol. The molecule has 0 amide bonds. The molecule has 3 nitrogen and oxygen atoms in total. The van der Waals surface area contributed by atoms with Crippen LogP contribution < -0.4 is 0 Å². The SMILES string of the molecule is Cn1ccnc1CCC(=O)c1cc2ccccc2s1. The maximum atomic E-state index is 12.2. The molecule has 3 rings (SSSR count). The van der Waals surface area contributed by atoms with Gasteiger partial charge in [-0.15, -0.1) is 11.3 Å². The molecule has 0 saturated carbocycles. The molecular weight excluding hydrogens is 256 g/mol. The molecule has 0 aliphatic rings. The number of Topliss-reactive ketones (excluding diaryl/α,β-unsaturated/α-hetero) is 1. The molecule has 0 aliphatic heterocycles. The van der Waals surface area contributed by atoms with Gasteiger partial charge in [0.15, 0.2) is 5.78 Å². The molecule has 3 aromatic rings. The highest BCUT2D eigenvalue weighted by Crippen LogP contribution is 2.26. The van der Waals surface area contributed by atoms with Gasteiger partial charge in [0, 0.05) is 37.0 Å². The Labute approximate surface area is 115 Å². The normalized spacial score (nSPS) is 11.0. The fraction of sp³-hybridized carbons (Fsp3) is 0.200. The lowest BCUT2D eigenvalue weighted by atomic mass is 10.1. The number of aryl methyl sites for hydroxylation is 2. The molecule has 0 atom stereocenters. The third kappa shape index (κ3) is 2.44. The molecule has 0 bridgehead atoms. The maximum Gasteiger partial charge on any atom is 0.173 e. The Morgan fingerprint density at radius 1 is 1.37 bits per heavy atom. The van der Waals surface area contributed by atoms with E-state index in [1.54, 1.807) is 17.5 Å². The third-order valence-corrected chi connectivity index (χ3v) is 4.35. The molecule has 0 radical (unpaired) electrons. The number of nitrogens with zero attached hydrogens (tertiary/aromatic N) is 2. The Morgan fingerprint density at radius 2 is 2.21 bits per heavy atom. The molecule has 19 heavy (non-hydrogen) atoms. The number of rotatable bonds is 4. The molecule has 0 unspecified atom stereocenters. The second-order valence-corrected chi connectivity index (χ2v) is 5.61. The lowest BCUT2D eigenvalue weighted by Gasteiger charge is -1.99.